The minimum Gasteiger partial charge on any atom is -0.481 e. The fourth-order valence-electron chi connectivity index (χ4n) is 5.11. The van der Waals surface area contributed by atoms with Crippen molar-refractivity contribution in [3.63, 3.8) is 0 Å². The van der Waals surface area contributed by atoms with E-state index in [0.29, 0.717) is 11.6 Å². The van der Waals surface area contributed by atoms with E-state index in [1.807, 2.05) is 30.3 Å². The quantitative estimate of drug-likeness (QED) is 0.393. The number of carbonyl (C=O) groups excluding carboxylic acids is 3. The molecule has 4 rings (SSSR count). The molecular weight excluding hydrogens is 528 g/mol. The van der Waals surface area contributed by atoms with Gasteiger partial charge in [0.15, 0.2) is 5.82 Å². The van der Waals surface area contributed by atoms with Crippen LogP contribution in [0.3, 0.4) is 0 Å². The van der Waals surface area contributed by atoms with Gasteiger partial charge in [-0.05, 0) is 26.2 Å². The van der Waals surface area contributed by atoms with Crippen molar-refractivity contribution in [1.29, 1.82) is 0 Å². The van der Waals surface area contributed by atoms with Gasteiger partial charge in [-0.3, -0.25) is 14.4 Å². The lowest BCUT2D eigenvalue weighted by molar-refractivity contribution is -0.138. The largest absolute Gasteiger partial charge is 0.481 e. The molecule has 0 spiro atoms. The standard InChI is InChI=1S/C29H38N6O6/c1-2-41-29(40)35-17-15-34(16-18-35)28(39)22(13-14-25(36)37)32-27(38)23-19-24(30-21-11-7-4-8-12-21)33-26(31-23)20-9-5-3-6-10-20/h3,5-6,9-10,19,21-22H,2,4,7-8,11-18H2,1H3,(H,32,38)(H,36,37)(H,30,31,33). The van der Waals surface area contributed by atoms with Crippen LogP contribution in [0.2, 0.25) is 0 Å². The third-order valence-electron chi connectivity index (χ3n) is 7.32. The number of ether oxygens (including phenoxy) is 1. The summed E-state index contributed by atoms with van der Waals surface area (Å²) in [7, 11) is 0. The molecule has 2 aromatic rings. The monoisotopic (exact) mass is 566 g/mol. The van der Waals surface area contributed by atoms with Gasteiger partial charge in [-0.2, -0.15) is 0 Å². The zero-order chi connectivity index (χ0) is 29.2. The van der Waals surface area contributed by atoms with Crippen molar-refractivity contribution in [1.82, 2.24) is 25.1 Å². The lowest BCUT2D eigenvalue weighted by Gasteiger charge is -2.35. The van der Waals surface area contributed by atoms with E-state index in [0.717, 1.165) is 31.2 Å². The highest BCUT2D eigenvalue weighted by molar-refractivity contribution is 5.97. The number of aliphatic carboxylic acids is 1. The summed E-state index contributed by atoms with van der Waals surface area (Å²) in [4.78, 5) is 62.5. The first kappa shape index (κ1) is 29.8. The predicted molar refractivity (Wildman–Crippen MR) is 151 cm³/mol. The maximum absolute atomic E-state index is 13.5. The number of nitrogens with one attached hydrogen (secondary N) is 2. The molecule has 1 aliphatic heterocycles. The summed E-state index contributed by atoms with van der Waals surface area (Å²) in [5.41, 5.74) is 0.823. The van der Waals surface area contributed by atoms with Gasteiger partial charge in [-0.15, -0.1) is 0 Å². The molecule has 0 radical (unpaired) electrons. The molecule has 1 saturated carbocycles. The summed E-state index contributed by atoms with van der Waals surface area (Å²) in [6, 6.07) is 10.1. The number of carbonyl (C=O) groups is 4. The van der Waals surface area contributed by atoms with Gasteiger partial charge in [0.25, 0.3) is 5.91 Å². The summed E-state index contributed by atoms with van der Waals surface area (Å²) < 4.78 is 5.03. The average Bonchev–Trinajstić information content (AvgIpc) is 2.99. The third-order valence-corrected chi connectivity index (χ3v) is 7.32. The lowest BCUT2D eigenvalue weighted by Crippen LogP contribution is -2.56. The van der Waals surface area contributed by atoms with Crippen LogP contribution < -0.4 is 10.6 Å². The van der Waals surface area contributed by atoms with Crippen LogP contribution in [0.15, 0.2) is 36.4 Å². The molecule has 220 valence electrons. The topological polar surface area (TPSA) is 154 Å². The van der Waals surface area contributed by atoms with Crippen molar-refractivity contribution < 1.29 is 29.0 Å². The third kappa shape index (κ3) is 8.38. The van der Waals surface area contributed by atoms with E-state index in [1.165, 1.54) is 16.2 Å². The molecule has 3 amide bonds. The minimum absolute atomic E-state index is 0.0809. The van der Waals surface area contributed by atoms with Crippen LogP contribution in [0.25, 0.3) is 11.4 Å². The Bertz CT molecular complexity index is 1210. The van der Waals surface area contributed by atoms with E-state index in [1.54, 1.807) is 13.0 Å². The number of carboxylic acid groups (broad SMARTS) is 1. The second-order valence-electron chi connectivity index (χ2n) is 10.3. The number of piperazine rings is 1. The van der Waals surface area contributed by atoms with Gasteiger partial charge >= 0.3 is 12.1 Å². The number of carboxylic acids is 1. The molecule has 1 atom stereocenters. The van der Waals surface area contributed by atoms with E-state index < -0.39 is 29.9 Å². The number of hydrogen-bond acceptors (Lipinski definition) is 8. The van der Waals surface area contributed by atoms with Crippen LogP contribution >= 0.6 is 0 Å². The van der Waals surface area contributed by atoms with Crippen molar-refractivity contribution in [2.75, 3.05) is 38.1 Å². The van der Waals surface area contributed by atoms with Crippen molar-refractivity contribution >= 4 is 29.7 Å². The van der Waals surface area contributed by atoms with Crippen LogP contribution in [0, 0.1) is 0 Å². The number of nitrogens with zero attached hydrogens (tertiary/aromatic N) is 4. The van der Waals surface area contributed by atoms with E-state index >= 15 is 0 Å². The first-order valence-corrected chi connectivity index (χ1v) is 14.3. The maximum Gasteiger partial charge on any atom is 0.409 e. The Morgan fingerprint density at radius 3 is 2.34 bits per heavy atom. The Morgan fingerprint density at radius 2 is 1.68 bits per heavy atom. The normalized spacial score (nSPS) is 16.5. The number of amides is 3. The molecule has 2 aliphatic rings. The maximum atomic E-state index is 13.5. The van der Waals surface area contributed by atoms with E-state index in [-0.39, 0.29) is 57.4 Å². The average molecular weight is 567 g/mol. The summed E-state index contributed by atoms with van der Waals surface area (Å²) in [5, 5.41) is 15.5. The predicted octanol–water partition coefficient (Wildman–Crippen LogP) is 3.15. The lowest BCUT2D eigenvalue weighted by atomic mass is 9.95. The molecule has 1 aliphatic carbocycles. The molecule has 1 aromatic carbocycles. The van der Waals surface area contributed by atoms with Crippen molar-refractivity contribution in [2.45, 2.75) is 64.0 Å². The van der Waals surface area contributed by atoms with Gasteiger partial charge in [-0.1, -0.05) is 49.6 Å². The fraction of sp³-hybridized carbons (Fsp3) is 0.517. The fourth-order valence-corrected chi connectivity index (χ4v) is 5.11. The van der Waals surface area contributed by atoms with Crippen LogP contribution in [-0.4, -0.2) is 93.6 Å². The zero-order valence-electron chi connectivity index (χ0n) is 23.4. The molecule has 1 unspecified atom stereocenters. The van der Waals surface area contributed by atoms with E-state index in [2.05, 4.69) is 20.6 Å². The Labute approximate surface area is 239 Å². The van der Waals surface area contributed by atoms with Crippen LogP contribution in [0.5, 0.6) is 0 Å². The van der Waals surface area contributed by atoms with Crippen molar-refractivity contribution in [3.8, 4) is 11.4 Å². The number of benzene rings is 1. The van der Waals surface area contributed by atoms with Crippen molar-refractivity contribution in [2.24, 2.45) is 0 Å². The van der Waals surface area contributed by atoms with Gasteiger partial charge in [0, 0.05) is 50.3 Å². The van der Waals surface area contributed by atoms with Gasteiger partial charge in [0.2, 0.25) is 5.91 Å². The first-order valence-electron chi connectivity index (χ1n) is 14.3. The SMILES string of the molecule is CCOC(=O)N1CCN(C(=O)C(CCC(=O)O)NC(=O)c2cc(NC3CCCCC3)nc(-c3ccccc3)n2)CC1. The number of hydrogen-bond donors (Lipinski definition) is 3. The first-order chi connectivity index (χ1) is 19.8. The number of anilines is 1. The summed E-state index contributed by atoms with van der Waals surface area (Å²) in [5.74, 6) is -1.16. The Balaban J connectivity index is 1.52. The molecule has 12 nitrogen and oxygen atoms in total. The molecular formula is C29H38N6O6. The minimum atomic E-state index is -1.07. The Kier molecular flexibility index (Phi) is 10.5. The molecule has 2 fully saturated rings. The highest BCUT2D eigenvalue weighted by atomic mass is 16.6. The second kappa shape index (κ2) is 14.4. The van der Waals surface area contributed by atoms with Crippen LogP contribution in [0.4, 0.5) is 10.6 Å². The molecule has 2 heterocycles. The summed E-state index contributed by atoms with van der Waals surface area (Å²) in [6.07, 6.45) is 4.67. The molecule has 12 heteroatoms. The molecule has 0 bridgehead atoms. The smallest absolute Gasteiger partial charge is 0.409 e. The van der Waals surface area contributed by atoms with Crippen LogP contribution in [-0.2, 0) is 14.3 Å². The summed E-state index contributed by atoms with van der Waals surface area (Å²) in [6.45, 7) is 3.05. The van der Waals surface area contributed by atoms with Gasteiger partial charge in [0.1, 0.15) is 17.6 Å². The van der Waals surface area contributed by atoms with Gasteiger partial charge in [0.05, 0.1) is 6.61 Å². The number of rotatable bonds is 10. The molecule has 1 saturated heterocycles. The van der Waals surface area contributed by atoms with E-state index in [4.69, 9.17) is 4.74 Å². The van der Waals surface area contributed by atoms with Crippen LogP contribution in [0.1, 0.15) is 62.4 Å². The van der Waals surface area contributed by atoms with Gasteiger partial charge in [-0.25, -0.2) is 14.8 Å². The highest BCUT2D eigenvalue weighted by Crippen LogP contribution is 2.23. The van der Waals surface area contributed by atoms with E-state index in [9.17, 15) is 24.3 Å². The second-order valence-corrected chi connectivity index (χ2v) is 10.3. The molecule has 41 heavy (non-hydrogen) atoms. The highest BCUT2D eigenvalue weighted by Gasteiger charge is 2.31. The summed E-state index contributed by atoms with van der Waals surface area (Å²) >= 11 is 0. The molecule has 1 aromatic heterocycles. The Morgan fingerprint density at radius 1 is 1.00 bits per heavy atom. The Hall–Kier alpha value is -4.22. The zero-order valence-corrected chi connectivity index (χ0v) is 23.4. The number of aromatic nitrogens is 2. The van der Waals surface area contributed by atoms with Gasteiger partial charge < -0.3 is 30.3 Å². The molecule has 3 N–H and O–H groups in total. The van der Waals surface area contributed by atoms with Crippen molar-refractivity contribution in [3.05, 3.63) is 42.1 Å².